The van der Waals surface area contributed by atoms with Crippen molar-refractivity contribution in [3.63, 3.8) is 0 Å². The molecule has 2 N–H and O–H groups in total. The number of amides is 1. The quantitative estimate of drug-likeness (QED) is 0.384. The molecule has 1 amide bonds. The Hall–Kier alpha value is -1.10. The molecule has 0 bridgehead atoms. The maximum atomic E-state index is 11.7. The van der Waals surface area contributed by atoms with E-state index < -0.39 is 0 Å². The number of aryl methyl sites for hydroxylation is 1. The van der Waals surface area contributed by atoms with Gasteiger partial charge >= 0.3 is 6.09 Å². The Labute approximate surface area is 170 Å². The highest BCUT2D eigenvalue weighted by Crippen LogP contribution is 2.12. The summed E-state index contributed by atoms with van der Waals surface area (Å²) in [4.78, 5) is 23.3. The van der Waals surface area contributed by atoms with E-state index in [1.165, 1.54) is 4.88 Å². The van der Waals surface area contributed by atoms with Crippen LogP contribution in [0.1, 0.15) is 29.7 Å². The van der Waals surface area contributed by atoms with Crippen LogP contribution < -0.4 is 10.6 Å². The average molecular weight is 481 g/mol. The summed E-state index contributed by atoms with van der Waals surface area (Å²) in [5.74, 6) is 0.804. The summed E-state index contributed by atoms with van der Waals surface area (Å²) in [6.07, 6.45) is 4.37. The molecular weight excluding hydrogens is 453 g/mol. The lowest BCUT2D eigenvalue weighted by Gasteiger charge is -2.32. The molecule has 0 atom stereocenters. The molecule has 0 spiro atoms. The number of carbonyl (C=O) groups is 1. The van der Waals surface area contributed by atoms with Gasteiger partial charge in [0.05, 0.1) is 11.6 Å². The molecule has 1 aliphatic rings. The van der Waals surface area contributed by atoms with Gasteiger partial charge in [0.15, 0.2) is 5.96 Å². The lowest BCUT2D eigenvalue weighted by Crippen LogP contribution is -2.50. The molecule has 25 heavy (non-hydrogen) atoms. The van der Waals surface area contributed by atoms with Gasteiger partial charge in [-0.15, -0.1) is 35.3 Å². The van der Waals surface area contributed by atoms with Gasteiger partial charge in [-0.3, -0.25) is 4.99 Å². The van der Waals surface area contributed by atoms with Crippen LogP contribution in [0.4, 0.5) is 4.79 Å². The largest absolute Gasteiger partial charge is 0.450 e. The van der Waals surface area contributed by atoms with Crippen molar-refractivity contribution in [1.82, 2.24) is 20.5 Å². The van der Waals surface area contributed by atoms with E-state index >= 15 is 0 Å². The lowest BCUT2D eigenvalue weighted by molar-refractivity contribution is 0.0963. The third-order valence-corrected chi connectivity index (χ3v) is 4.86. The maximum Gasteiger partial charge on any atom is 0.409 e. The third-order valence-electron chi connectivity index (χ3n) is 3.89. The number of aromatic nitrogens is 1. The van der Waals surface area contributed by atoms with Gasteiger partial charge < -0.3 is 20.3 Å². The summed E-state index contributed by atoms with van der Waals surface area (Å²) < 4.78 is 5.04. The zero-order chi connectivity index (χ0) is 17.4. The number of carbonyl (C=O) groups excluding carboxylic acids is 1. The van der Waals surface area contributed by atoms with Crippen LogP contribution in [0, 0.1) is 6.92 Å². The van der Waals surface area contributed by atoms with Gasteiger partial charge in [-0.25, -0.2) is 9.78 Å². The van der Waals surface area contributed by atoms with Crippen molar-refractivity contribution in [3.8, 4) is 0 Å². The highest BCUT2D eigenvalue weighted by Gasteiger charge is 2.23. The molecule has 0 unspecified atom stereocenters. The predicted molar refractivity (Wildman–Crippen MR) is 112 cm³/mol. The summed E-state index contributed by atoms with van der Waals surface area (Å²) in [5.41, 5.74) is 0. The van der Waals surface area contributed by atoms with Gasteiger partial charge in [0.1, 0.15) is 0 Å². The fraction of sp³-hybridized carbons (Fsp3) is 0.688. The van der Waals surface area contributed by atoms with Crippen molar-refractivity contribution in [2.24, 2.45) is 4.99 Å². The van der Waals surface area contributed by atoms with E-state index in [0.29, 0.717) is 25.7 Å². The van der Waals surface area contributed by atoms with Crippen molar-refractivity contribution >= 4 is 47.4 Å². The fourth-order valence-corrected chi connectivity index (χ4v) is 3.40. The number of rotatable bonds is 5. The Bertz CT molecular complexity index is 558. The van der Waals surface area contributed by atoms with Gasteiger partial charge in [-0.1, -0.05) is 0 Å². The van der Waals surface area contributed by atoms with Crippen molar-refractivity contribution in [3.05, 3.63) is 16.1 Å². The molecule has 0 saturated carbocycles. The van der Waals surface area contributed by atoms with Crippen molar-refractivity contribution in [1.29, 1.82) is 0 Å². The zero-order valence-corrected chi connectivity index (χ0v) is 18.2. The highest BCUT2D eigenvalue weighted by atomic mass is 127. The first-order valence-corrected chi connectivity index (χ1v) is 9.24. The van der Waals surface area contributed by atoms with E-state index in [9.17, 15) is 4.79 Å². The standard InChI is InChI=1S/C16H27N5O2S.HI/c1-4-23-16(22)21-9-6-13(7-10-21)20-15(17-3)18-8-5-14-19-11-12(2)24-14;/h11,13H,4-10H2,1-3H3,(H2,17,18,20);1H. The van der Waals surface area contributed by atoms with E-state index in [-0.39, 0.29) is 30.1 Å². The van der Waals surface area contributed by atoms with Gasteiger partial charge in [-0.05, 0) is 26.7 Å². The number of halogens is 1. The Morgan fingerprint density at radius 3 is 2.76 bits per heavy atom. The summed E-state index contributed by atoms with van der Waals surface area (Å²) in [6.45, 7) is 6.55. The number of ether oxygens (including phenoxy) is 1. The number of aliphatic imine (C=N–C) groups is 1. The first kappa shape index (κ1) is 21.9. The van der Waals surface area contributed by atoms with Gasteiger partial charge in [-0.2, -0.15) is 0 Å². The first-order valence-electron chi connectivity index (χ1n) is 8.42. The number of nitrogens with one attached hydrogen (secondary N) is 2. The minimum Gasteiger partial charge on any atom is -0.450 e. The van der Waals surface area contributed by atoms with E-state index in [0.717, 1.165) is 36.8 Å². The number of likely N-dealkylation sites (tertiary alicyclic amines) is 1. The van der Waals surface area contributed by atoms with Crippen LogP contribution in [0.5, 0.6) is 0 Å². The molecule has 0 aliphatic carbocycles. The molecule has 0 radical (unpaired) electrons. The zero-order valence-electron chi connectivity index (χ0n) is 15.1. The lowest BCUT2D eigenvalue weighted by atomic mass is 10.1. The van der Waals surface area contributed by atoms with E-state index in [1.807, 2.05) is 13.1 Å². The molecule has 1 aromatic rings. The first-order chi connectivity index (χ1) is 11.6. The van der Waals surface area contributed by atoms with Gasteiger partial charge in [0.2, 0.25) is 0 Å². The number of piperidine rings is 1. The Morgan fingerprint density at radius 2 is 2.20 bits per heavy atom. The van der Waals surface area contributed by atoms with Gasteiger partial charge in [0, 0.05) is 50.2 Å². The second kappa shape index (κ2) is 11.5. The normalized spacial score (nSPS) is 15.5. The van der Waals surface area contributed by atoms with Crippen LogP contribution in [0.2, 0.25) is 0 Å². The van der Waals surface area contributed by atoms with Crippen LogP contribution >= 0.6 is 35.3 Å². The van der Waals surface area contributed by atoms with Crippen molar-refractivity contribution < 1.29 is 9.53 Å². The second-order valence-electron chi connectivity index (χ2n) is 5.72. The van der Waals surface area contributed by atoms with Gasteiger partial charge in [0.25, 0.3) is 0 Å². The summed E-state index contributed by atoms with van der Waals surface area (Å²) in [5, 5.41) is 7.90. The molecule has 7 nitrogen and oxygen atoms in total. The van der Waals surface area contributed by atoms with Crippen LogP contribution in [-0.4, -0.2) is 61.3 Å². The number of hydrogen-bond acceptors (Lipinski definition) is 5. The molecule has 2 heterocycles. The van der Waals surface area contributed by atoms with Crippen molar-refractivity contribution in [2.45, 2.75) is 39.2 Å². The van der Waals surface area contributed by atoms with Crippen LogP contribution in [0.15, 0.2) is 11.2 Å². The second-order valence-corrected chi connectivity index (χ2v) is 7.04. The fourth-order valence-electron chi connectivity index (χ4n) is 2.61. The smallest absolute Gasteiger partial charge is 0.409 e. The number of nitrogens with zero attached hydrogens (tertiary/aromatic N) is 3. The predicted octanol–water partition coefficient (Wildman–Crippen LogP) is 2.40. The minimum absolute atomic E-state index is 0. The third kappa shape index (κ3) is 7.35. The van der Waals surface area contributed by atoms with E-state index in [4.69, 9.17) is 4.74 Å². The topological polar surface area (TPSA) is 78.8 Å². The maximum absolute atomic E-state index is 11.7. The van der Waals surface area contributed by atoms with E-state index in [2.05, 4.69) is 27.5 Å². The molecule has 1 fully saturated rings. The van der Waals surface area contributed by atoms with Crippen molar-refractivity contribution in [2.75, 3.05) is 33.3 Å². The average Bonchev–Trinajstić information content (AvgIpc) is 3.00. The highest BCUT2D eigenvalue weighted by molar-refractivity contribution is 14.0. The molecule has 9 heteroatoms. The molecule has 1 aromatic heterocycles. The summed E-state index contributed by atoms with van der Waals surface area (Å²) in [7, 11) is 1.77. The molecule has 0 aromatic carbocycles. The molecule has 1 aliphatic heterocycles. The Balaban J connectivity index is 0.00000312. The number of thiazole rings is 1. The molecule has 2 rings (SSSR count). The SMILES string of the molecule is CCOC(=O)N1CCC(NC(=NC)NCCc2ncc(C)s2)CC1.I. The summed E-state index contributed by atoms with van der Waals surface area (Å²) >= 11 is 1.73. The summed E-state index contributed by atoms with van der Waals surface area (Å²) in [6, 6.07) is 0.323. The number of hydrogen-bond donors (Lipinski definition) is 2. The molecular formula is C16H28IN5O2S. The van der Waals surface area contributed by atoms with Crippen LogP contribution in [-0.2, 0) is 11.2 Å². The Morgan fingerprint density at radius 1 is 1.48 bits per heavy atom. The van der Waals surface area contributed by atoms with E-state index in [1.54, 1.807) is 23.3 Å². The molecule has 1 saturated heterocycles. The minimum atomic E-state index is -0.211. The Kier molecular flexibility index (Phi) is 10.1. The van der Waals surface area contributed by atoms with Crippen LogP contribution in [0.3, 0.4) is 0 Å². The van der Waals surface area contributed by atoms with Crippen LogP contribution in [0.25, 0.3) is 0 Å². The number of guanidine groups is 1. The monoisotopic (exact) mass is 481 g/mol. The molecule has 142 valence electrons.